The topological polar surface area (TPSA) is 29.5 Å². The van der Waals surface area contributed by atoms with Crippen molar-refractivity contribution >= 4 is 5.97 Å². The summed E-state index contributed by atoms with van der Waals surface area (Å²) in [5.74, 6) is -0.180. The summed E-state index contributed by atoms with van der Waals surface area (Å²) in [4.78, 5) is 13.5. The zero-order valence-electron chi connectivity index (χ0n) is 9.89. The molecule has 0 saturated heterocycles. The van der Waals surface area contributed by atoms with Crippen molar-refractivity contribution in [2.24, 2.45) is 0 Å². The molecular formula is C11H21NO2. The number of hydrogen-bond donors (Lipinski definition) is 0. The van der Waals surface area contributed by atoms with E-state index < -0.39 is 0 Å². The number of rotatable bonds is 5. The zero-order valence-corrected chi connectivity index (χ0v) is 9.89. The third kappa shape index (κ3) is 5.02. The molecule has 0 aromatic rings. The van der Waals surface area contributed by atoms with Gasteiger partial charge < -0.3 is 9.64 Å². The highest BCUT2D eigenvalue weighted by Crippen LogP contribution is 2.07. The molecule has 3 heteroatoms. The average Bonchev–Trinajstić information content (AvgIpc) is 2.09. The summed E-state index contributed by atoms with van der Waals surface area (Å²) in [5.41, 5.74) is 1.79. The molecule has 14 heavy (non-hydrogen) atoms. The van der Waals surface area contributed by atoms with Gasteiger partial charge in [0, 0.05) is 12.1 Å². The molecule has 0 radical (unpaired) electrons. The first kappa shape index (κ1) is 13.2. The third-order valence-corrected chi connectivity index (χ3v) is 1.76. The lowest BCUT2D eigenvalue weighted by Gasteiger charge is -2.14. The Hall–Kier alpha value is -0.830. The van der Waals surface area contributed by atoms with Crippen LogP contribution in [0, 0.1) is 0 Å². The van der Waals surface area contributed by atoms with Crippen LogP contribution < -0.4 is 0 Å². The van der Waals surface area contributed by atoms with Gasteiger partial charge in [0.15, 0.2) is 0 Å². The number of carbonyl (C=O) groups excluding carboxylic acids is 1. The number of esters is 1. The van der Waals surface area contributed by atoms with Crippen LogP contribution in [0.25, 0.3) is 0 Å². The summed E-state index contributed by atoms with van der Waals surface area (Å²) < 4.78 is 5.09. The van der Waals surface area contributed by atoms with E-state index in [2.05, 4.69) is 0 Å². The Bertz CT molecular complexity index is 215. The first-order chi connectivity index (χ1) is 6.49. The molecule has 0 aliphatic carbocycles. The van der Waals surface area contributed by atoms with E-state index in [-0.39, 0.29) is 5.97 Å². The lowest BCUT2D eigenvalue weighted by atomic mass is 10.1. The van der Waals surface area contributed by atoms with E-state index in [0.29, 0.717) is 13.2 Å². The van der Waals surface area contributed by atoms with Crippen molar-refractivity contribution in [3.8, 4) is 0 Å². The number of carbonyl (C=O) groups is 1. The van der Waals surface area contributed by atoms with Crippen LogP contribution in [0.2, 0.25) is 0 Å². The molecular weight excluding hydrogens is 178 g/mol. The minimum absolute atomic E-state index is 0.180. The lowest BCUT2D eigenvalue weighted by Crippen LogP contribution is -2.22. The second kappa shape index (κ2) is 6.60. The van der Waals surface area contributed by atoms with E-state index in [4.69, 9.17) is 4.74 Å². The summed E-state index contributed by atoms with van der Waals surface area (Å²) >= 11 is 0. The van der Waals surface area contributed by atoms with Crippen LogP contribution in [-0.4, -0.2) is 38.1 Å². The maximum atomic E-state index is 11.6. The van der Waals surface area contributed by atoms with Crippen molar-refractivity contribution in [1.29, 1.82) is 0 Å². The predicted molar refractivity (Wildman–Crippen MR) is 58.2 cm³/mol. The third-order valence-electron chi connectivity index (χ3n) is 1.76. The fourth-order valence-electron chi connectivity index (χ4n) is 1.02. The lowest BCUT2D eigenvalue weighted by molar-refractivity contribution is -0.139. The van der Waals surface area contributed by atoms with Crippen molar-refractivity contribution in [3.63, 3.8) is 0 Å². The van der Waals surface area contributed by atoms with Gasteiger partial charge in [0.25, 0.3) is 0 Å². The molecule has 0 amide bonds. The largest absolute Gasteiger partial charge is 0.462 e. The van der Waals surface area contributed by atoms with Crippen molar-refractivity contribution in [2.75, 3.05) is 27.2 Å². The van der Waals surface area contributed by atoms with E-state index in [0.717, 1.165) is 17.6 Å². The van der Waals surface area contributed by atoms with E-state index in [1.807, 2.05) is 39.8 Å². The highest BCUT2D eigenvalue weighted by molar-refractivity contribution is 5.89. The van der Waals surface area contributed by atoms with Crippen molar-refractivity contribution in [2.45, 2.75) is 27.2 Å². The van der Waals surface area contributed by atoms with Crippen LogP contribution in [0.4, 0.5) is 0 Å². The molecule has 0 fully saturated rings. The zero-order chi connectivity index (χ0) is 11.1. The Balaban J connectivity index is 4.37. The molecule has 0 bridgehead atoms. The summed E-state index contributed by atoms with van der Waals surface area (Å²) in [5, 5.41) is 0. The molecule has 0 aliphatic heterocycles. The van der Waals surface area contributed by atoms with Crippen molar-refractivity contribution in [1.82, 2.24) is 4.90 Å². The summed E-state index contributed by atoms with van der Waals surface area (Å²) in [6.07, 6.45) is 0.865. The molecule has 0 atom stereocenters. The van der Waals surface area contributed by atoms with Gasteiger partial charge in [0.05, 0.1) is 6.61 Å². The summed E-state index contributed by atoms with van der Waals surface area (Å²) in [6, 6.07) is 0. The molecule has 3 nitrogen and oxygen atoms in total. The van der Waals surface area contributed by atoms with Crippen LogP contribution in [0.15, 0.2) is 11.1 Å². The van der Waals surface area contributed by atoms with Crippen LogP contribution in [0.5, 0.6) is 0 Å². The van der Waals surface area contributed by atoms with E-state index in [1.165, 1.54) is 0 Å². The number of ether oxygens (including phenoxy) is 1. The van der Waals surface area contributed by atoms with E-state index >= 15 is 0 Å². The van der Waals surface area contributed by atoms with Crippen LogP contribution in [-0.2, 0) is 9.53 Å². The SMILES string of the molecule is CCCOC(=O)C(CN(C)C)=C(C)C. The quantitative estimate of drug-likeness (QED) is 0.500. The molecule has 0 saturated carbocycles. The highest BCUT2D eigenvalue weighted by atomic mass is 16.5. The molecule has 0 N–H and O–H groups in total. The van der Waals surface area contributed by atoms with Gasteiger partial charge in [-0.1, -0.05) is 12.5 Å². The molecule has 0 spiro atoms. The monoisotopic (exact) mass is 199 g/mol. The minimum Gasteiger partial charge on any atom is -0.462 e. The van der Waals surface area contributed by atoms with Gasteiger partial charge in [-0.2, -0.15) is 0 Å². The molecule has 0 aromatic carbocycles. The van der Waals surface area contributed by atoms with E-state index in [9.17, 15) is 4.79 Å². The van der Waals surface area contributed by atoms with Crippen LogP contribution >= 0.6 is 0 Å². The predicted octanol–water partition coefficient (Wildman–Crippen LogP) is 1.84. The summed E-state index contributed by atoms with van der Waals surface area (Å²) in [7, 11) is 3.88. The van der Waals surface area contributed by atoms with Gasteiger partial charge in [-0.3, -0.25) is 0 Å². The fraction of sp³-hybridized carbons (Fsp3) is 0.727. The van der Waals surface area contributed by atoms with Gasteiger partial charge in [-0.05, 0) is 34.4 Å². The Kier molecular flexibility index (Phi) is 6.21. The molecule has 0 rings (SSSR count). The maximum Gasteiger partial charge on any atom is 0.335 e. The molecule has 0 aliphatic rings. The number of likely N-dealkylation sites (N-methyl/N-ethyl adjacent to an activating group) is 1. The number of hydrogen-bond acceptors (Lipinski definition) is 3. The number of nitrogens with zero attached hydrogens (tertiary/aromatic N) is 1. The van der Waals surface area contributed by atoms with Crippen LogP contribution in [0.1, 0.15) is 27.2 Å². The molecule has 0 aromatic heterocycles. The van der Waals surface area contributed by atoms with Crippen molar-refractivity contribution < 1.29 is 9.53 Å². The second-order valence-corrected chi connectivity index (χ2v) is 3.85. The first-order valence-electron chi connectivity index (χ1n) is 4.97. The van der Waals surface area contributed by atoms with Gasteiger partial charge in [0.1, 0.15) is 0 Å². The van der Waals surface area contributed by atoms with E-state index in [1.54, 1.807) is 0 Å². The number of allylic oxidation sites excluding steroid dienone is 1. The Morgan fingerprint density at radius 1 is 1.29 bits per heavy atom. The minimum atomic E-state index is -0.180. The highest BCUT2D eigenvalue weighted by Gasteiger charge is 2.12. The maximum absolute atomic E-state index is 11.6. The van der Waals surface area contributed by atoms with Crippen LogP contribution in [0.3, 0.4) is 0 Å². The fourth-order valence-corrected chi connectivity index (χ4v) is 1.02. The molecule has 0 heterocycles. The average molecular weight is 199 g/mol. The van der Waals surface area contributed by atoms with Gasteiger partial charge in [0.2, 0.25) is 0 Å². The van der Waals surface area contributed by atoms with Gasteiger partial charge in [-0.15, -0.1) is 0 Å². The molecule has 82 valence electrons. The Labute approximate surface area is 86.7 Å². The van der Waals surface area contributed by atoms with Crippen molar-refractivity contribution in [3.05, 3.63) is 11.1 Å². The smallest absolute Gasteiger partial charge is 0.335 e. The van der Waals surface area contributed by atoms with Gasteiger partial charge >= 0.3 is 5.97 Å². The standard InChI is InChI=1S/C11H21NO2/c1-6-7-14-11(13)10(9(2)3)8-12(4)5/h6-8H2,1-5H3. The second-order valence-electron chi connectivity index (χ2n) is 3.85. The Morgan fingerprint density at radius 2 is 1.86 bits per heavy atom. The first-order valence-corrected chi connectivity index (χ1v) is 4.97. The molecule has 0 unspecified atom stereocenters. The van der Waals surface area contributed by atoms with Gasteiger partial charge in [-0.25, -0.2) is 4.79 Å². The summed E-state index contributed by atoms with van der Waals surface area (Å²) in [6.45, 7) is 7.01. The Morgan fingerprint density at radius 3 is 2.21 bits per heavy atom. The normalized spacial score (nSPS) is 10.1.